The van der Waals surface area contributed by atoms with E-state index >= 15 is 0 Å². The smallest absolute Gasteiger partial charge is 0.354 e. The van der Waals surface area contributed by atoms with Crippen LogP contribution in [0.3, 0.4) is 0 Å². The topological polar surface area (TPSA) is 65.5 Å². The third-order valence-corrected chi connectivity index (χ3v) is 4.15. The molecule has 1 heterocycles. The van der Waals surface area contributed by atoms with Gasteiger partial charge in [-0.25, -0.2) is 4.98 Å². The fourth-order valence-corrected chi connectivity index (χ4v) is 2.20. The van der Waals surface area contributed by atoms with Crippen molar-refractivity contribution in [1.82, 2.24) is 14.8 Å². The number of hydrogen-bond acceptors (Lipinski definition) is 5. The molecule has 0 bridgehead atoms. The predicted octanol–water partition coefficient (Wildman–Crippen LogP) is 4.52. The zero-order valence-corrected chi connectivity index (χ0v) is 16.0. The maximum absolute atomic E-state index is 12.5. The maximum atomic E-state index is 12.5. The minimum atomic E-state index is -4.46. The minimum Gasteiger partial charge on any atom is -0.354 e. The summed E-state index contributed by atoms with van der Waals surface area (Å²) in [6, 6.07) is 2.01. The van der Waals surface area contributed by atoms with Crippen molar-refractivity contribution in [2.24, 2.45) is 0 Å². The third kappa shape index (κ3) is 7.62. The van der Waals surface area contributed by atoms with Crippen molar-refractivity contribution >= 4 is 17.9 Å². The first kappa shape index (κ1) is 23.7. The molecule has 0 radical (unpaired) electrons. The molecule has 0 fully saturated rings. The second-order valence-corrected chi connectivity index (χ2v) is 6.36. The maximum Gasteiger partial charge on any atom is 0.417 e. The van der Waals surface area contributed by atoms with Crippen molar-refractivity contribution in [3.8, 4) is 0 Å². The number of nitrogens with zero attached hydrogens (tertiary/aromatic N) is 2. The Morgan fingerprint density at radius 2 is 1.92 bits per heavy atom. The van der Waals surface area contributed by atoms with E-state index in [0.717, 1.165) is 25.0 Å². The molecule has 0 aliphatic heterocycles. The fraction of sp³-hybridized carbons (Fsp3) is 0.625. The highest BCUT2D eigenvalue weighted by Crippen LogP contribution is 2.31. The largest absolute Gasteiger partial charge is 0.417 e. The number of unbranched alkanes of at least 4 members (excludes halogenated alkanes) is 1. The van der Waals surface area contributed by atoms with Crippen LogP contribution in [0.2, 0.25) is 0 Å². The van der Waals surface area contributed by atoms with Crippen molar-refractivity contribution in [3.05, 3.63) is 23.9 Å². The summed E-state index contributed by atoms with van der Waals surface area (Å²) in [5.41, 5.74) is -2.13. The number of halogens is 3. The van der Waals surface area contributed by atoms with Gasteiger partial charge in [0.25, 0.3) is 0 Å². The molecular weight excluding hydrogens is 355 g/mol. The van der Waals surface area contributed by atoms with E-state index in [1.807, 2.05) is 20.8 Å². The van der Waals surface area contributed by atoms with Crippen LogP contribution < -0.4 is 5.32 Å². The van der Waals surface area contributed by atoms with Crippen molar-refractivity contribution in [3.63, 3.8) is 0 Å². The average Bonchev–Trinajstić information content (AvgIpc) is 2.56. The summed E-state index contributed by atoms with van der Waals surface area (Å²) in [6.07, 6.45) is -2.04. The van der Waals surface area contributed by atoms with E-state index in [1.54, 1.807) is 0 Å². The quantitative estimate of drug-likeness (QED) is 0.413. The number of amides is 1. The Balaban J connectivity index is 0.00000277. The lowest BCUT2D eigenvalue weighted by Crippen LogP contribution is -2.51. The van der Waals surface area contributed by atoms with E-state index in [-0.39, 0.29) is 10.9 Å². The Morgan fingerprint density at radius 1 is 1.32 bits per heavy atom. The molecule has 1 amide bonds. The number of nitrogens with one attached hydrogen (secondary N) is 1. The first-order chi connectivity index (χ1) is 11.6. The molecular formula is C16H26F3N3O2S. The molecule has 2 N–H and O–H groups in total. The Labute approximate surface area is 151 Å². The summed E-state index contributed by atoms with van der Waals surface area (Å²) in [5, 5.41) is 12.9. The fourth-order valence-electron chi connectivity index (χ4n) is 1.49. The standard InChI is InChI=1S/C14H20F3N3O2S.C2H6/c1-4-5-8-18-12(21)13(2,3)20(22)23-11-7-6-10(9-19-11)14(15,16)17;1-2/h6-7,9,22H,4-5,8H2,1-3H3,(H,18,21);1-2H3. The van der Waals surface area contributed by atoms with E-state index in [1.165, 1.54) is 13.8 Å². The van der Waals surface area contributed by atoms with E-state index in [2.05, 4.69) is 10.3 Å². The van der Waals surface area contributed by atoms with Crippen molar-refractivity contribution in [2.75, 3.05) is 6.54 Å². The molecule has 0 saturated heterocycles. The number of hydrogen-bond donors (Lipinski definition) is 2. The lowest BCUT2D eigenvalue weighted by atomic mass is 10.1. The van der Waals surface area contributed by atoms with Gasteiger partial charge in [-0.2, -0.15) is 13.2 Å². The second-order valence-electron chi connectivity index (χ2n) is 5.42. The molecule has 144 valence electrons. The van der Waals surface area contributed by atoms with E-state index in [4.69, 9.17) is 0 Å². The zero-order valence-electron chi connectivity index (χ0n) is 15.1. The highest BCUT2D eigenvalue weighted by atomic mass is 32.2. The highest BCUT2D eigenvalue weighted by Gasteiger charge is 2.35. The summed E-state index contributed by atoms with van der Waals surface area (Å²) < 4.78 is 38.1. The molecule has 1 rings (SSSR count). The van der Waals surface area contributed by atoms with Crippen LogP contribution in [0.5, 0.6) is 0 Å². The molecule has 0 aliphatic carbocycles. The SMILES string of the molecule is CC.CCCCNC(=O)C(C)(C)N(O)Sc1ccc(C(F)(F)F)cn1. The van der Waals surface area contributed by atoms with Gasteiger partial charge in [-0.15, -0.1) is 4.47 Å². The van der Waals surface area contributed by atoms with Gasteiger partial charge in [-0.1, -0.05) is 27.2 Å². The number of carbonyl (C=O) groups excluding carboxylic acids is 1. The van der Waals surface area contributed by atoms with Gasteiger partial charge in [-0.3, -0.25) is 4.79 Å². The van der Waals surface area contributed by atoms with E-state index in [0.29, 0.717) is 29.2 Å². The van der Waals surface area contributed by atoms with Crippen LogP contribution in [0.15, 0.2) is 23.4 Å². The number of aromatic nitrogens is 1. The van der Waals surface area contributed by atoms with Crippen LogP contribution in [0, 0.1) is 0 Å². The second kappa shape index (κ2) is 10.6. The van der Waals surface area contributed by atoms with Gasteiger partial charge in [0.15, 0.2) is 0 Å². The third-order valence-electron chi connectivity index (χ3n) is 3.09. The lowest BCUT2D eigenvalue weighted by Gasteiger charge is -2.30. The number of carbonyl (C=O) groups is 1. The van der Waals surface area contributed by atoms with E-state index in [9.17, 15) is 23.2 Å². The molecule has 0 atom stereocenters. The van der Waals surface area contributed by atoms with Gasteiger partial charge >= 0.3 is 6.18 Å². The molecule has 5 nitrogen and oxygen atoms in total. The minimum absolute atomic E-state index is 0.148. The van der Waals surface area contributed by atoms with Gasteiger partial charge in [0.05, 0.1) is 5.56 Å². The van der Waals surface area contributed by atoms with E-state index < -0.39 is 17.3 Å². The van der Waals surface area contributed by atoms with Crippen molar-refractivity contribution in [1.29, 1.82) is 0 Å². The highest BCUT2D eigenvalue weighted by molar-refractivity contribution is 7.96. The van der Waals surface area contributed by atoms with Gasteiger partial charge in [-0.05, 0) is 32.4 Å². The monoisotopic (exact) mass is 381 g/mol. The Hall–Kier alpha value is -1.32. The van der Waals surface area contributed by atoms with Crippen LogP contribution in [0.1, 0.15) is 53.0 Å². The molecule has 1 aromatic heterocycles. The molecule has 0 saturated carbocycles. The molecule has 0 aliphatic rings. The van der Waals surface area contributed by atoms with Crippen LogP contribution >= 0.6 is 11.9 Å². The number of hydroxylamine groups is 1. The molecule has 0 unspecified atom stereocenters. The van der Waals surface area contributed by atoms with Crippen LogP contribution in [-0.4, -0.2) is 32.7 Å². The molecule has 1 aromatic rings. The lowest BCUT2D eigenvalue weighted by molar-refractivity contribution is -0.143. The summed E-state index contributed by atoms with van der Waals surface area (Å²) >= 11 is 0.687. The van der Waals surface area contributed by atoms with Gasteiger partial charge in [0.2, 0.25) is 5.91 Å². The zero-order chi connectivity index (χ0) is 19.7. The number of alkyl halides is 3. The van der Waals surface area contributed by atoms with Crippen LogP contribution in [0.4, 0.5) is 13.2 Å². The summed E-state index contributed by atoms with van der Waals surface area (Å²) in [4.78, 5) is 15.7. The molecule has 0 aromatic carbocycles. The first-order valence-corrected chi connectivity index (χ1v) is 8.85. The Morgan fingerprint density at radius 3 is 2.36 bits per heavy atom. The van der Waals surface area contributed by atoms with Crippen molar-refractivity contribution < 1.29 is 23.2 Å². The van der Waals surface area contributed by atoms with Gasteiger partial charge < -0.3 is 10.5 Å². The summed E-state index contributed by atoms with van der Waals surface area (Å²) in [5.74, 6) is -0.382. The molecule has 0 spiro atoms. The average molecular weight is 381 g/mol. The van der Waals surface area contributed by atoms with Crippen molar-refractivity contribution in [2.45, 2.75) is 64.2 Å². The first-order valence-electron chi connectivity index (χ1n) is 8.07. The number of rotatable bonds is 7. The van der Waals surface area contributed by atoms with Gasteiger partial charge in [0.1, 0.15) is 10.6 Å². The summed E-state index contributed by atoms with van der Waals surface area (Å²) in [7, 11) is 0. The molecule has 25 heavy (non-hydrogen) atoms. The van der Waals surface area contributed by atoms with Crippen LogP contribution in [0.25, 0.3) is 0 Å². The number of pyridine rings is 1. The predicted molar refractivity (Wildman–Crippen MR) is 92.1 cm³/mol. The Kier molecular flexibility index (Phi) is 10.1. The van der Waals surface area contributed by atoms with Gasteiger partial charge in [0, 0.05) is 24.7 Å². The summed E-state index contributed by atoms with van der Waals surface area (Å²) in [6.45, 7) is 9.49. The molecule has 9 heteroatoms. The normalized spacial score (nSPS) is 11.8. The Bertz CT molecular complexity index is 522. The van der Waals surface area contributed by atoms with Crippen LogP contribution in [-0.2, 0) is 11.0 Å².